The number of carbonyl (C=O) groups excluding carboxylic acids is 3. The second kappa shape index (κ2) is 9.53. The normalized spacial score (nSPS) is 10.5. The van der Waals surface area contributed by atoms with Gasteiger partial charge in [-0.15, -0.1) is 22.7 Å². The molecule has 3 aromatic rings. The number of esters is 1. The zero-order valence-corrected chi connectivity index (χ0v) is 17.2. The van der Waals surface area contributed by atoms with Gasteiger partial charge >= 0.3 is 5.97 Å². The van der Waals surface area contributed by atoms with E-state index in [1.807, 2.05) is 29.1 Å². The molecule has 0 saturated heterocycles. The molecule has 11 heteroatoms. The van der Waals surface area contributed by atoms with Crippen LogP contribution in [0, 0.1) is 6.92 Å². The number of rotatable bonds is 7. The predicted molar refractivity (Wildman–Crippen MR) is 107 cm³/mol. The van der Waals surface area contributed by atoms with E-state index in [1.54, 1.807) is 16.7 Å². The fraction of sp³-hybridized carbons (Fsp3) is 0.235. The monoisotopic (exact) mass is 436 g/mol. The first-order chi connectivity index (χ1) is 13.5. The molecule has 0 atom stereocenters. The molecule has 0 bridgehead atoms. The molecule has 0 aliphatic heterocycles. The van der Waals surface area contributed by atoms with Crippen molar-refractivity contribution >= 4 is 51.8 Å². The second-order valence-corrected chi connectivity index (χ2v) is 8.23. The maximum atomic E-state index is 11.9. The zero-order valence-electron chi connectivity index (χ0n) is 14.8. The molecule has 146 valence electrons. The molecule has 0 aromatic carbocycles. The molecular weight excluding hydrogens is 420 g/mol. The molecule has 0 unspecified atom stereocenters. The number of hydrazine groups is 1. The number of hydrogen-bond donors (Lipinski definition) is 2. The highest BCUT2D eigenvalue weighted by atomic mass is 32.1. The van der Waals surface area contributed by atoms with Crippen molar-refractivity contribution in [1.82, 2.24) is 20.8 Å². The Morgan fingerprint density at radius 3 is 2.57 bits per heavy atom. The zero-order chi connectivity index (χ0) is 19.9. The Kier molecular flexibility index (Phi) is 6.85. The summed E-state index contributed by atoms with van der Waals surface area (Å²) in [5.41, 5.74) is 6.90. The molecule has 0 spiro atoms. The van der Waals surface area contributed by atoms with Crippen molar-refractivity contribution in [2.45, 2.75) is 19.8 Å². The van der Waals surface area contributed by atoms with E-state index in [-0.39, 0.29) is 12.8 Å². The van der Waals surface area contributed by atoms with Crippen LogP contribution in [-0.2, 0) is 32.0 Å². The molecule has 0 radical (unpaired) electrons. The fourth-order valence-electron chi connectivity index (χ4n) is 2.09. The Bertz CT molecular complexity index is 965. The van der Waals surface area contributed by atoms with Crippen LogP contribution in [0.3, 0.4) is 0 Å². The third-order valence-corrected chi connectivity index (χ3v) is 5.92. The average molecular weight is 437 g/mol. The number of aromatic nitrogens is 2. The van der Waals surface area contributed by atoms with E-state index in [2.05, 4.69) is 20.8 Å². The summed E-state index contributed by atoms with van der Waals surface area (Å²) in [6, 6.07) is 1.96. The van der Waals surface area contributed by atoms with Crippen molar-refractivity contribution in [3.8, 4) is 10.6 Å². The van der Waals surface area contributed by atoms with Crippen molar-refractivity contribution in [2.24, 2.45) is 0 Å². The molecule has 0 saturated carbocycles. The van der Waals surface area contributed by atoms with E-state index in [4.69, 9.17) is 4.74 Å². The van der Waals surface area contributed by atoms with Crippen molar-refractivity contribution in [3.63, 3.8) is 0 Å². The Balaban J connectivity index is 1.36. The molecule has 0 aliphatic rings. The van der Waals surface area contributed by atoms with Crippen LogP contribution in [0.15, 0.2) is 27.6 Å². The molecular formula is C17H16N4O4S3. The summed E-state index contributed by atoms with van der Waals surface area (Å²) in [5.74, 6) is -1.60. The summed E-state index contributed by atoms with van der Waals surface area (Å²) >= 11 is 4.39. The van der Waals surface area contributed by atoms with Gasteiger partial charge in [-0.05, 0) is 18.4 Å². The molecule has 3 aromatic heterocycles. The fourth-order valence-corrected chi connectivity index (χ4v) is 4.40. The standard InChI is InChI=1S/C17H16N4O4S3/c1-10-7-27-15(18-10)5-13(22)20-21-14(23)6-25-16(24)4-12-9-28-17(19-12)11-2-3-26-8-11/h2-3,7-9H,4-6H2,1H3,(H,20,22)(H,21,23). The summed E-state index contributed by atoms with van der Waals surface area (Å²) in [5, 5.41) is 9.05. The van der Waals surface area contributed by atoms with E-state index in [9.17, 15) is 14.4 Å². The maximum absolute atomic E-state index is 11.9. The first kappa shape index (κ1) is 20.1. The lowest BCUT2D eigenvalue weighted by Crippen LogP contribution is -2.44. The van der Waals surface area contributed by atoms with Gasteiger partial charge in [0.25, 0.3) is 5.91 Å². The topological polar surface area (TPSA) is 110 Å². The van der Waals surface area contributed by atoms with E-state index in [1.165, 1.54) is 22.7 Å². The number of nitrogens with zero attached hydrogens (tertiary/aromatic N) is 2. The van der Waals surface area contributed by atoms with Crippen LogP contribution >= 0.6 is 34.0 Å². The number of hydrogen-bond acceptors (Lipinski definition) is 9. The van der Waals surface area contributed by atoms with Crippen LogP contribution in [0.1, 0.15) is 16.4 Å². The highest BCUT2D eigenvalue weighted by Crippen LogP contribution is 2.25. The SMILES string of the molecule is Cc1csc(CC(=O)NNC(=O)COC(=O)Cc2csc(-c3ccsc3)n2)n1. The Labute approximate surface area is 172 Å². The Morgan fingerprint density at radius 2 is 1.86 bits per heavy atom. The molecule has 3 heterocycles. The molecule has 2 amide bonds. The highest BCUT2D eigenvalue weighted by Gasteiger charge is 2.13. The quantitative estimate of drug-likeness (QED) is 0.434. The summed E-state index contributed by atoms with van der Waals surface area (Å²) in [6.07, 6.45) is 0.0402. The Morgan fingerprint density at radius 1 is 1.04 bits per heavy atom. The van der Waals surface area contributed by atoms with Gasteiger partial charge in [0.05, 0.1) is 18.5 Å². The van der Waals surface area contributed by atoms with Gasteiger partial charge in [-0.25, -0.2) is 9.97 Å². The number of ether oxygens (including phenoxy) is 1. The molecule has 28 heavy (non-hydrogen) atoms. The van der Waals surface area contributed by atoms with Crippen LogP contribution in [-0.4, -0.2) is 34.4 Å². The highest BCUT2D eigenvalue weighted by molar-refractivity contribution is 7.14. The summed E-state index contributed by atoms with van der Waals surface area (Å²) in [7, 11) is 0. The average Bonchev–Trinajstić information content (AvgIpc) is 3.40. The molecule has 0 fully saturated rings. The Hall–Kier alpha value is -2.63. The maximum Gasteiger partial charge on any atom is 0.312 e. The molecule has 3 rings (SSSR count). The third-order valence-electron chi connectivity index (χ3n) is 3.33. The summed E-state index contributed by atoms with van der Waals surface area (Å²) in [4.78, 5) is 43.8. The van der Waals surface area contributed by atoms with E-state index in [0.717, 1.165) is 16.3 Å². The van der Waals surface area contributed by atoms with Crippen molar-refractivity contribution in [2.75, 3.05) is 6.61 Å². The number of thiophene rings is 1. The van der Waals surface area contributed by atoms with Gasteiger partial charge in [0.2, 0.25) is 5.91 Å². The summed E-state index contributed by atoms with van der Waals surface area (Å²) in [6.45, 7) is 1.35. The van der Waals surface area contributed by atoms with Crippen molar-refractivity contribution < 1.29 is 19.1 Å². The largest absolute Gasteiger partial charge is 0.455 e. The van der Waals surface area contributed by atoms with Crippen LogP contribution < -0.4 is 10.9 Å². The van der Waals surface area contributed by atoms with Gasteiger partial charge in [-0.3, -0.25) is 25.2 Å². The van der Waals surface area contributed by atoms with Crippen LogP contribution in [0.4, 0.5) is 0 Å². The van der Waals surface area contributed by atoms with Crippen molar-refractivity contribution in [3.05, 3.63) is 44.0 Å². The first-order valence-electron chi connectivity index (χ1n) is 8.11. The second-order valence-electron chi connectivity index (χ2n) is 5.65. The molecule has 8 nitrogen and oxygen atoms in total. The van der Waals surface area contributed by atoms with Crippen LogP contribution in [0.25, 0.3) is 10.6 Å². The number of amides is 2. The van der Waals surface area contributed by atoms with Gasteiger partial charge in [-0.1, -0.05) is 0 Å². The lowest BCUT2D eigenvalue weighted by molar-refractivity contribution is -0.148. The van der Waals surface area contributed by atoms with E-state index < -0.39 is 24.4 Å². The third kappa shape index (κ3) is 5.94. The minimum Gasteiger partial charge on any atom is -0.455 e. The number of nitrogens with one attached hydrogen (secondary N) is 2. The van der Waals surface area contributed by atoms with Gasteiger partial charge < -0.3 is 4.74 Å². The van der Waals surface area contributed by atoms with Gasteiger partial charge in [0, 0.05) is 27.4 Å². The minimum atomic E-state index is -0.630. The lowest BCUT2D eigenvalue weighted by Gasteiger charge is -2.07. The van der Waals surface area contributed by atoms with Crippen LogP contribution in [0.2, 0.25) is 0 Å². The van der Waals surface area contributed by atoms with Crippen LogP contribution in [0.5, 0.6) is 0 Å². The lowest BCUT2D eigenvalue weighted by atomic mass is 10.3. The van der Waals surface area contributed by atoms with Gasteiger partial charge in [0.15, 0.2) is 6.61 Å². The minimum absolute atomic E-state index is 0.0241. The van der Waals surface area contributed by atoms with Gasteiger partial charge in [0.1, 0.15) is 10.0 Å². The number of thiazole rings is 2. The number of carbonyl (C=O) groups is 3. The number of aryl methyl sites for hydroxylation is 1. The molecule has 0 aliphatic carbocycles. The smallest absolute Gasteiger partial charge is 0.312 e. The molecule has 2 N–H and O–H groups in total. The van der Waals surface area contributed by atoms with Gasteiger partial charge in [-0.2, -0.15) is 11.3 Å². The first-order valence-corrected chi connectivity index (χ1v) is 10.8. The van der Waals surface area contributed by atoms with Crippen molar-refractivity contribution in [1.29, 1.82) is 0 Å². The predicted octanol–water partition coefficient (Wildman–Crippen LogP) is 2.11. The summed E-state index contributed by atoms with van der Waals surface area (Å²) < 4.78 is 4.92. The van der Waals surface area contributed by atoms with E-state index >= 15 is 0 Å². The van der Waals surface area contributed by atoms with E-state index in [0.29, 0.717) is 10.7 Å².